The van der Waals surface area contributed by atoms with Crippen molar-refractivity contribution in [3.8, 4) is 0 Å². The van der Waals surface area contributed by atoms with Crippen LogP contribution in [0.3, 0.4) is 0 Å². The maximum atomic E-state index is 13.8. The molecule has 1 N–H and O–H groups in total. The van der Waals surface area contributed by atoms with Crippen molar-refractivity contribution in [3.63, 3.8) is 0 Å². The molecule has 2 aromatic rings. The number of carbonyl (C=O) groups is 1. The number of amides is 1. The van der Waals surface area contributed by atoms with Crippen LogP contribution in [0.15, 0.2) is 18.2 Å². The first-order valence-corrected chi connectivity index (χ1v) is 9.96. The maximum Gasteiger partial charge on any atom is 0.420 e. The molecule has 1 spiro atoms. The van der Waals surface area contributed by atoms with Crippen LogP contribution < -0.4 is 5.32 Å². The molecule has 1 aromatic carbocycles. The van der Waals surface area contributed by atoms with Gasteiger partial charge in [-0.05, 0) is 62.2 Å². The van der Waals surface area contributed by atoms with Crippen molar-refractivity contribution < 1.29 is 22.4 Å². The summed E-state index contributed by atoms with van der Waals surface area (Å²) in [5.41, 5.74) is -1.23. The molecule has 144 valence electrons. The van der Waals surface area contributed by atoms with E-state index in [0.717, 1.165) is 44.8 Å². The number of nitrogens with one attached hydrogen (secondary N) is 1. The van der Waals surface area contributed by atoms with Crippen LogP contribution in [0.5, 0.6) is 0 Å². The topological polar surface area (TPSA) is 32.3 Å². The van der Waals surface area contributed by atoms with Crippen molar-refractivity contribution >= 4 is 27.3 Å². The highest BCUT2D eigenvalue weighted by Gasteiger charge is 2.60. The molecule has 27 heavy (non-hydrogen) atoms. The lowest BCUT2D eigenvalue weighted by Crippen LogP contribution is -2.65. The van der Waals surface area contributed by atoms with Gasteiger partial charge in [0.2, 0.25) is 0 Å². The zero-order valence-corrected chi connectivity index (χ0v) is 15.2. The summed E-state index contributed by atoms with van der Waals surface area (Å²) in [6, 6.07) is 3.59. The van der Waals surface area contributed by atoms with Gasteiger partial charge in [0.25, 0.3) is 5.91 Å². The smallest absolute Gasteiger partial charge is 0.346 e. The number of alkyl halides is 3. The van der Waals surface area contributed by atoms with Gasteiger partial charge in [0.1, 0.15) is 11.4 Å². The normalized spacial score (nSPS) is 28.7. The fourth-order valence-electron chi connectivity index (χ4n) is 4.99. The van der Waals surface area contributed by atoms with E-state index in [2.05, 4.69) is 10.2 Å². The molecule has 4 aliphatic rings. The number of nitrogens with zero attached hydrogens (tertiary/aromatic N) is 1. The van der Waals surface area contributed by atoms with Gasteiger partial charge >= 0.3 is 6.18 Å². The second kappa shape index (κ2) is 5.67. The fourth-order valence-corrected chi connectivity index (χ4v) is 6.11. The van der Waals surface area contributed by atoms with E-state index in [1.165, 1.54) is 12.1 Å². The van der Waals surface area contributed by atoms with Crippen molar-refractivity contribution in [1.29, 1.82) is 0 Å². The van der Waals surface area contributed by atoms with Crippen LogP contribution in [0, 0.1) is 11.7 Å². The van der Waals surface area contributed by atoms with Crippen LogP contribution in [0.4, 0.5) is 17.6 Å². The summed E-state index contributed by atoms with van der Waals surface area (Å²) in [5.74, 6) is -1.23. The Bertz CT molecular complexity index is 926. The Kier molecular flexibility index (Phi) is 3.66. The van der Waals surface area contributed by atoms with Gasteiger partial charge in [-0.2, -0.15) is 13.2 Å². The molecule has 1 aromatic heterocycles. The SMILES string of the molecule is O=C(N[C@@H]1C2CCN(CC2)C12CC2)c1cc2ccc(F)c(C(F)(F)F)c2s1. The minimum absolute atomic E-state index is 0.0523. The Morgan fingerprint density at radius 3 is 2.56 bits per heavy atom. The molecule has 8 heteroatoms. The Morgan fingerprint density at radius 1 is 1.22 bits per heavy atom. The van der Waals surface area contributed by atoms with E-state index < -0.39 is 17.6 Å². The predicted octanol–water partition coefficient (Wildman–Crippen LogP) is 4.42. The first kappa shape index (κ1) is 17.4. The standard InChI is InChI=1S/C19H18F4N2OS/c20-12-2-1-11-9-13(27-15(11)14(12)19(21,22)23)17(26)24-16-10-3-7-25(8-4-10)18(16)5-6-18/h1-2,9-10,16H,3-8H2,(H,24,26)/t16-/m1/s1. The lowest BCUT2D eigenvalue weighted by molar-refractivity contribution is -0.138. The number of piperidine rings is 3. The van der Waals surface area contributed by atoms with Gasteiger partial charge in [0.15, 0.2) is 0 Å². The van der Waals surface area contributed by atoms with E-state index in [1.54, 1.807) is 0 Å². The van der Waals surface area contributed by atoms with Crippen molar-refractivity contribution in [2.45, 2.75) is 43.4 Å². The highest BCUT2D eigenvalue weighted by Crippen LogP contribution is 2.53. The molecule has 2 bridgehead atoms. The first-order valence-electron chi connectivity index (χ1n) is 9.15. The number of hydrogen-bond acceptors (Lipinski definition) is 3. The Hall–Kier alpha value is -1.67. The van der Waals surface area contributed by atoms with E-state index >= 15 is 0 Å². The average molecular weight is 398 g/mol. The lowest BCUT2D eigenvalue weighted by atomic mass is 9.77. The zero-order chi connectivity index (χ0) is 19.0. The third-order valence-corrected chi connectivity index (χ3v) is 7.58. The van der Waals surface area contributed by atoms with E-state index in [0.29, 0.717) is 17.3 Å². The van der Waals surface area contributed by atoms with Crippen LogP contribution >= 0.6 is 11.3 Å². The zero-order valence-electron chi connectivity index (χ0n) is 14.4. The number of rotatable bonds is 2. The van der Waals surface area contributed by atoms with Gasteiger partial charge in [0.05, 0.1) is 15.6 Å². The van der Waals surface area contributed by atoms with Gasteiger partial charge < -0.3 is 5.32 Å². The molecule has 3 aliphatic heterocycles. The van der Waals surface area contributed by atoms with E-state index in [1.807, 2.05) is 0 Å². The summed E-state index contributed by atoms with van der Waals surface area (Å²) in [4.78, 5) is 15.5. The van der Waals surface area contributed by atoms with Crippen LogP contribution in [0.2, 0.25) is 0 Å². The minimum Gasteiger partial charge on any atom is -0.346 e. The van der Waals surface area contributed by atoms with Crippen LogP contribution in [0.25, 0.3) is 10.1 Å². The summed E-state index contributed by atoms with van der Waals surface area (Å²) in [7, 11) is 0. The number of hydrogen-bond donors (Lipinski definition) is 1. The molecule has 0 unspecified atom stereocenters. The molecule has 1 amide bonds. The van der Waals surface area contributed by atoms with Gasteiger partial charge in [-0.25, -0.2) is 4.39 Å². The monoisotopic (exact) mass is 398 g/mol. The van der Waals surface area contributed by atoms with Gasteiger partial charge in [-0.1, -0.05) is 6.07 Å². The quantitative estimate of drug-likeness (QED) is 0.760. The molecule has 3 nitrogen and oxygen atoms in total. The molecule has 1 atom stereocenters. The predicted molar refractivity (Wildman–Crippen MR) is 94.3 cm³/mol. The highest BCUT2D eigenvalue weighted by atomic mass is 32.1. The molecule has 1 aliphatic carbocycles. The molecule has 6 rings (SSSR count). The number of halogens is 4. The second-order valence-corrected chi connectivity index (χ2v) is 8.88. The van der Waals surface area contributed by atoms with Gasteiger partial charge in [-0.15, -0.1) is 11.3 Å². The average Bonchev–Trinajstić information content (AvgIpc) is 3.27. The Balaban J connectivity index is 1.47. The summed E-state index contributed by atoms with van der Waals surface area (Å²) in [6.45, 7) is 2.13. The molecular formula is C19H18F4N2OS. The Labute approximate surface area is 157 Å². The largest absolute Gasteiger partial charge is 0.420 e. The molecule has 0 radical (unpaired) electrons. The molecule has 4 heterocycles. The van der Waals surface area contributed by atoms with Crippen molar-refractivity contribution in [1.82, 2.24) is 10.2 Å². The van der Waals surface area contributed by atoms with E-state index in [9.17, 15) is 22.4 Å². The van der Waals surface area contributed by atoms with E-state index in [-0.39, 0.29) is 32.5 Å². The summed E-state index contributed by atoms with van der Waals surface area (Å²) < 4.78 is 53.3. The minimum atomic E-state index is -4.80. The van der Waals surface area contributed by atoms with Crippen LogP contribution in [0.1, 0.15) is 40.9 Å². The third-order valence-electron chi connectivity index (χ3n) is 6.41. The molecule has 3 saturated heterocycles. The Morgan fingerprint density at radius 2 is 1.93 bits per heavy atom. The highest BCUT2D eigenvalue weighted by molar-refractivity contribution is 7.21. The lowest BCUT2D eigenvalue weighted by Gasteiger charge is -2.52. The molecular weight excluding hydrogens is 380 g/mol. The van der Waals surface area contributed by atoms with Crippen LogP contribution in [-0.4, -0.2) is 35.5 Å². The second-order valence-electron chi connectivity index (χ2n) is 7.83. The summed E-state index contributed by atoms with van der Waals surface area (Å²) in [6.07, 6.45) is -0.588. The molecule has 4 fully saturated rings. The van der Waals surface area contributed by atoms with Gasteiger partial charge in [0, 0.05) is 5.54 Å². The van der Waals surface area contributed by atoms with Crippen LogP contribution in [-0.2, 0) is 6.18 Å². The first-order chi connectivity index (χ1) is 12.8. The van der Waals surface area contributed by atoms with Crippen molar-refractivity contribution in [3.05, 3.63) is 34.5 Å². The number of carbonyl (C=O) groups excluding carboxylic acids is 1. The van der Waals surface area contributed by atoms with Crippen molar-refractivity contribution in [2.75, 3.05) is 13.1 Å². The van der Waals surface area contributed by atoms with Gasteiger partial charge in [-0.3, -0.25) is 9.69 Å². The maximum absolute atomic E-state index is 13.8. The number of thiophene rings is 1. The number of benzene rings is 1. The third kappa shape index (κ3) is 2.60. The summed E-state index contributed by atoms with van der Waals surface area (Å²) in [5, 5.41) is 3.35. The summed E-state index contributed by atoms with van der Waals surface area (Å²) >= 11 is 0.717. The number of fused-ring (bicyclic) bond motifs is 3. The fraction of sp³-hybridized carbons (Fsp3) is 0.526. The van der Waals surface area contributed by atoms with E-state index in [4.69, 9.17) is 0 Å². The molecule has 1 saturated carbocycles. The van der Waals surface area contributed by atoms with Crippen molar-refractivity contribution in [2.24, 2.45) is 5.92 Å².